The lowest BCUT2D eigenvalue weighted by Crippen LogP contribution is -2.09. The fourth-order valence-electron chi connectivity index (χ4n) is 2.71. The van der Waals surface area contributed by atoms with E-state index < -0.39 is 12.6 Å². The van der Waals surface area contributed by atoms with Crippen molar-refractivity contribution in [1.82, 2.24) is 0 Å². The summed E-state index contributed by atoms with van der Waals surface area (Å²) in [5.41, 5.74) is 3.18. The van der Waals surface area contributed by atoms with Gasteiger partial charge in [-0.25, -0.2) is 4.79 Å². The lowest BCUT2D eigenvalue weighted by molar-refractivity contribution is -0.139. The van der Waals surface area contributed by atoms with Crippen LogP contribution in [0.3, 0.4) is 0 Å². The van der Waals surface area contributed by atoms with Gasteiger partial charge in [0.05, 0.1) is 5.02 Å². The molecule has 0 fully saturated rings. The van der Waals surface area contributed by atoms with Crippen molar-refractivity contribution >= 4 is 58.1 Å². The van der Waals surface area contributed by atoms with Crippen LogP contribution in [0.1, 0.15) is 11.1 Å². The Bertz CT molecular complexity index is 1000. The van der Waals surface area contributed by atoms with Crippen LogP contribution in [0.2, 0.25) is 15.1 Å². The van der Waals surface area contributed by atoms with E-state index in [-0.39, 0.29) is 0 Å². The monoisotopic (exact) mass is 478 g/mol. The van der Waals surface area contributed by atoms with E-state index in [9.17, 15) is 4.79 Å². The fourth-order valence-corrected chi connectivity index (χ4v) is 4.07. The van der Waals surface area contributed by atoms with Gasteiger partial charge in [0, 0.05) is 20.7 Å². The number of ether oxygens (including phenoxy) is 1. The summed E-state index contributed by atoms with van der Waals surface area (Å²) in [4.78, 5) is 11.6. The van der Waals surface area contributed by atoms with Gasteiger partial charge < -0.3 is 9.84 Å². The van der Waals surface area contributed by atoms with E-state index in [0.717, 1.165) is 21.6 Å². The van der Waals surface area contributed by atoms with Crippen molar-refractivity contribution in [1.29, 1.82) is 0 Å². The van der Waals surface area contributed by atoms with Crippen molar-refractivity contribution in [3.05, 3.63) is 99.0 Å². The number of carboxylic acids is 1. The smallest absolute Gasteiger partial charge is 0.341 e. The van der Waals surface area contributed by atoms with Crippen LogP contribution in [0.5, 0.6) is 5.75 Å². The molecule has 0 aromatic heterocycles. The molecular formula is C23H17Cl3O3S. The van der Waals surface area contributed by atoms with Crippen molar-refractivity contribution in [3.63, 3.8) is 0 Å². The lowest BCUT2D eigenvalue weighted by atomic mass is 9.98. The summed E-state index contributed by atoms with van der Waals surface area (Å²) in [6.07, 6.45) is 2.14. The molecule has 0 aliphatic heterocycles. The van der Waals surface area contributed by atoms with Gasteiger partial charge >= 0.3 is 5.97 Å². The van der Waals surface area contributed by atoms with Crippen LogP contribution in [0, 0.1) is 0 Å². The van der Waals surface area contributed by atoms with Crippen molar-refractivity contribution in [2.75, 3.05) is 12.4 Å². The topological polar surface area (TPSA) is 46.5 Å². The Morgan fingerprint density at radius 3 is 1.97 bits per heavy atom. The highest BCUT2D eigenvalue weighted by molar-refractivity contribution is 7.99. The largest absolute Gasteiger partial charge is 0.480 e. The van der Waals surface area contributed by atoms with Crippen LogP contribution in [-0.2, 0) is 4.79 Å². The van der Waals surface area contributed by atoms with Crippen LogP contribution in [0.4, 0.5) is 0 Å². The maximum atomic E-state index is 10.6. The zero-order valence-electron chi connectivity index (χ0n) is 15.6. The van der Waals surface area contributed by atoms with E-state index in [1.54, 1.807) is 23.9 Å². The van der Waals surface area contributed by atoms with Gasteiger partial charge in [-0.15, -0.1) is 11.8 Å². The van der Waals surface area contributed by atoms with E-state index in [2.05, 4.69) is 6.08 Å². The second-order valence-electron chi connectivity index (χ2n) is 6.22. The first-order chi connectivity index (χ1) is 14.4. The molecule has 0 unspecified atom stereocenters. The Morgan fingerprint density at radius 1 is 0.900 bits per heavy atom. The second kappa shape index (κ2) is 10.8. The van der Waals surface area contributed by atoms with Crippen LogP contribution in [-0.4, -0.2) is 23.4 Å². The first kappa shape index (κ1) is 22.6. The molecule has 3 aromatic carbocycles. The van der Waals surface area contributed by atoms with E-state index >= 15 is 0 Å². The zero-order valence-corrected chi connectivity index (χ0v) is 18.7. The quantitative estimate of drug-likeness (QED) is 0.343. The Morgan fingerprint density at radius 2 is 1.47 bits per heavy atom. The summed E-state index contributed by atoms with van der Waals surface area (Å²) >= 11 is 19.9. The average molecular weight is 480 g/mol. The van der Waals surface area contributed by atoms with Gasteiger partial charge in [0.25, 0.3) is 0 Å². The predicted molar refractivity (Wildman–Crippen MR) is 125 cm³/mol. The molecule has 0 bridgehead atoms. The minimum absolute atomic E-state index is 0.349. The van der Waals surface area contributed by atoms with Crippen LogP contribution in [0.25, 0.3) is 5.57 Å². The zero-order chi connectivity index (χ0) is 21.5. The van der Waals surface area contributed by atoms with Gasteiger partial charge in [-0.1, -0.05) is 65.1 Å². The molecule has 1 N–H and O–H groups in total. The maximum absolute atomic E-state index is 10.6. The van der Waals surface area contributed by atoms with E-state index in [0.29, 0.717) is 26.6 Å². The SMILES string of the molecule is O=C(O)COc1ccc(SCC=C(c2ccc(Cl)cc2)c2ccc(Cl)cc2)cc1Cl. The highest BCUT2D eigenvalue weighted by Crippen LogP contribution is 2.32. The predicted octanol–water partition coefficient (Wildman–Crippen LogP) is 7.33. The molecule has 3 nitrogen and oxygen atoms in total. The summed E-state index contributed by atoms with van der Waals surface area (Å²) in [5.74, 6) is 0.000232. The van der Waals surface area contributed by atoms with E-state index in [1.807, 2.05) is 54.6 Å². The number of hydrogen-bond donors (Lipinski definition) is 1. The number of aliphatic carboxylic acids is 1. The summed E-state index contributed by atoms with van der Waals surface area (Å²) < 4.78 is 5.16. The molecule has 0 saturated carbocycles. The number of carbonyl (C=O) groups is 1. The maximum Gasteiger partial charge on any atom is 0.341 e. The third-order valence-corrected chi connectivity index (χ3v) is 5.82. The van der Waals surface area contributed by atoms with Gasteiger partial charge in [-0.05, 0) is 59.2 Å². The molecule has 30 heavy (non-hydrogen) atoms. The summed E-state index contributed by atoms with van der Waals surface area (Å²) in [7, 11) is 0. The number of thioether (sulfide) groups is 1. The van der Waals surface area contributed by atoms with Gasteiger partial charge in [0.15, 0.2) is 6.61 Å². The molecule has 0 aliphatic carbocycles. The minimum atomic E-state index is -1.05. The molecule has 0 spiro atoms. The lowest BCUT2D eigenvalue weighted by Gasteiger charge is -2.10. The van der Waals surface area contributed by atoms with Gasteiger partial charge in [0.1, 0.15) is 5.75 Å². The van der Waals surface area contributed by atoms with Crippen molar-refractivity contribution in [2.24, 2.45) is 0 Å². The standard InChI is InChI=1S/C23H17Cl3O3S/c24-17-5-1-15(2-6-17)20(16-3-7-18(25)8-4-16)11-12-30-19-9-10-22(21(26)13-19)29-14-23(27)28/h1-11,13H,12,14H2,(H,27,28). The van der Waals surface area contributed by atoms with Crippen LogP contribution in [0.15, 0.2) is 77.7 Å². The Hall–Kier alpha value is -2.11. The molecular weight excluding hydrogens is 463 g/mol. The van der Waals surface area contributed by atoms with E-state index in [4.69, 9.17) is 44.6 Å². The number of benzene rings is 3. The highest BCUT2D eigenvalue weighted by Gasteiger charge is 2.08. The van der Waals surface area contributed by atoms with Crippen molar-refractivity contribution in [2.45, 2.75) is 4.90 Å². The molecule has 3 rings (SSSR count). The first-order valence-corrected chi connectivity index (χ1v) is 11.0. The molecule has 3 aromatic rings. The van der Waals surface area contributed by atoms with Gasteiger partial charge in [0.2, 0.25) is 0 Å². The molecule has 154 valence electrons. The van der Waals surface area contributed by atoms with Crippen molar-refractivity contribution in [3.8, 4) is 5.75 Å². The van der Waals surface area contributed by atoms with Gasteiger partial charge in [-0.3, -0.25) is 0 Å². The van der Waals surface area contributed by atoms with Gasteiger partial charge in [-0.2, -0.15) is 0 Å². The molecule has 0 radical (unpaired) electrons. The Labute approximate surface area is 194 Å². The Kier molecular flexibility index (Phi) is 8.11. The third-order valence-electron chi connectivity index (χ3n) is 4.10. The average Bonchev–Trinajstić information content (AvgIpc) is 2.72. The van der Waals surface area contributed by atoms with Crippen LogP contribution < -0.4 is 4.74 Å². The molecule has 0 aliphatic rings. The molecule has 7 heteroatoms. The molecule has 0 heterocycles. The number of rotatable bonds is 8. The molecule has 0 saturated heterocycles. The second-order valence-corrected chi connectivity index (χ2v) is 8.59. The summed E-state index contributed by atoms with van der Waals surface area (Å²) in [6.45, 7) is -0.430. The van der Waals surface area contributed by atoms with E-state index in [1.165, 1.54) is 0 Å². The third kappa shape index (κ3) is 6.44. The number of hydrogen-bond acceptors (Lipinski definition) is 3. The Balaban J connectivity index is 1.77. The molecule has 0 atom stereocenters. The first-order valence-electron chi connectivity index (χ1n) is 8.91. The number of carboxylic acid groups (broad SMARTS) is 1. The molecule has 0 amide bonds. The normalized spacial score (nSPS) is 10.5. The minimum Gasteiger partial charge on any atom is -0.480 e. The van der Waals surface area contributed by atoms with Crippen LogP contribution >= 0.6 is 46.6 Å². The number of halogens is 3. The fraction of sp³-hybridized carbons (Fsp3) is 0.0870. The van der Waals surface area contributed by atoms with Crippen molar-refractivity contribution < 1.29 is 14.6 Å². The summed E-state index contributed by atoms with van der Waals surface area (Å²) in [6, 6.07) is 20.7. The highest BCUT2D eigenvalue weighted by atomic mass is 35.5. The summed E-state index contributed by atoms with van der Waals surface area (Å²) in [5, 5.41) is 10.5.